The lowest BCUT2D eigenvalue weighted by Gasteiger charge is -2.45. The lowest BCUT2D eigenvalue weighted by molar-refractivity contribution is 0.0238. The van der Waals surface area contributed by atoms with Gasteiger partial charge in [0.1, 0.15) is 17.6 Å². The average molecular weight is 331 g/mol. The molecule has 25 heavy (non-hydrogen) atoms. The van der Waals surface area contributed by atoms with Crippen molar-refractivity contribution in [3.05, 3.63) is 90.3 Å². The van der Waals surface area contributed by atoms with Gasteiger partial charge >= 0.3 is 0 Å². The second-order valence-corrected chi connectivity index (χ2v) is 6.61. The van der Waals surface area contributed by atoms with Crippen LogP contribution in [0.4, 0.5) is 0 Å². The Morgan fingerprint density at radius 2 is 1.52 bits per heavy atom. The number of ether oxygens (including phenoxy) is 1. The van der Waals surface area contributed by atoms with Crippen LogP contribution in [0, 0.1) is 0 Å². The quantitative estimate of drug-likeness (QED) is 0.713. The Morgan fingerprint density at radius 1 is 0.840 bits per heavy atom. The van der Waals surface area contributed by atoms with E-state index in [1.54, 1.807) is 6.20 Å². The summed E-state index contributed by atoms with van der Waals surface area (Å²) in [7, 11) is 0. The monoisotopic (exact) mass is 331 g/mol. The smallest absolute Gasteiger partial charge is 0.127 e. The zero-order chi connectivity index (χ0) is 17.1. The summed E-state index contributed by atoms with van der Waals surface area (Å²) in [6.07, 6.45) is 4.24. The van der Waals surface area contributed by atoms with Gasteiger partial charge in [-0.15, -0.1) is 0 Å². The third-order valence-corrected chi connectivity index (χ3v) is 5.15. The van der Waals surface area contributed by atoms with Crippen LogP contribution < -0.4 is 4.74 Å². The zero-order valence-electron chi connectivity index (χ0n) is 14.0. The number of hydrogen-bond acceptors (Lipinski definition) is 3. The van der Waals surface area contributed by atoms with Gasteiger partial charge in [0.2, 0.25) is 0 Å². The Kier molecular flexibility index (Phi) is 4.24. The summed E-state index contributed by atoms with van der Waals surface area (Å²) < 4.78 is 5.87. The van der Waals surface area contributed by atoms with Crippen molar-refractivity contribution in [1.29, 1.82) is 0 Å². The van der Waals surface area contributed by atoms with Crippen molar-refractivity contribution in [3.8, 4) is 11.5 Å². The van der Waals surface area contributed by atoms with E-state index < -0.39 is 6.10 Å². The minimum atomic E-state index is -0.580. The van der Waals surface area contributed by atoms with Gasteiger partial charge in [0, 0.05) is 11.6 Å². The van der Waals surface area contributed by atoms with E-state index in [9.17, 15) is 5.11 Å². The molecule has 1 atom stereocenters. The summed E-state index contributed by atoms with van der Waals surface area (Å²) in [4.78, 5) is 4.35. The molecule has 0 aliphatic heterocycles. The summed E-state index contributed by atoms with van der Waals surface area (Å²) in [5, 5.41) is 11.0. The van der Waals surface area contributed by atoms with Crippen LogP contribution in [0.1, 0.15) is 36.6 Å². The molecule has 3 aromatic rings. The van der Waals surface area contributed by atoms with Crippen molar-refractivity contribution in [2.75, 3.05) is 0 Å². The Morgan fingerprint density at radius 3 is 2.12 bits per heavy atom. The van der Waals surface area contributed by atoms with Gasteiger partial charge in [-0.3, -0.25) is 4.98 Å². The first-order valence-corrected chi connectivity index (χ1v) is 8.70. The number of rotatable bonds is 5. The SMILES string of the molecule is OC(c1ccccn1)C1(c2ccc(Oc3ccccc3)cc2)CCC1. The molecule has 4 rings (SSSR count). The first-order chi connectivity index (χ1) is 12.3. The fourth-order valence-corrected chi connectivity index (χ4v) is 3.58. The largest absolute Gasteiger partial charge is 0.457 e. The molecule has 3 nitrogen and oxygen atoms in total. The molecular weight excluding hydrogens is 310 g/mol. The molecule has 3 heteroatoms. The molecule has 1 unspecified atom stereocenters. The van der Waals surface area contributed by atoms with Crippen molar-refractivity contribution < 1.29 is 9.84 Å². The van der Waals surface area contributed by atoms with Gasteiger partial charge < -0.3 is 9.84 Å². The molecule has 1 aliphatic carbocycles. The molecule has 0 amide bonds. The van der Waals surface area contributed by atoms with E-state index in [2.05, 4.69) is 17.1 Å². The van der Waals surface area contributed by atoms with Crippen LogP contribution in [0.15, 0.2) is 79.0 Å². The number of aliphatic hydroxyl groups excluding tert-OH is 1. The van der Waals surface area contributed by atoms with E-state index in [1.807, 2.05) is 60.7 Å². The lowest BCUT2D eigenvalue weighted by atomic mass is 9.60. The van der Waals surface area contributed by atoms with Gasteiger partial charge in [-0.25, -0.2) is 0 Å². The highest BCUT2D eigenvalue weighted by atomic mass is 16.5. The summed E-state index contributed by atoms with van der Waals surface area (Å²) in [5.41, 5.74) is 1.66. The number of para-hydroxylation sites is 1. The summed E-state index contributed by atoms with van der Waals surface area (Å²) >= 11 is 0. The number of pyridine rings is 1. The van der Waals surface area contributed by atoms with Gasteiger partial charge in [-0.1, -0.05) is 42.8 Å². The highest BCUT2D eigenvalue weighted by Crippen LogP contribution is 2.52. The molecule has 2 aromatic carbocycles. The maximum absolute atomic E-state index is 11.0. The fraction of sp³-hybridized carbons (Fsp3) is 0.227. The molecular formula is C22H21NO2. The predicted octanol–water partition coefficient (Wildman–Crippen LogP) is 5.03. The van der Waals surface area contributed by atoms with Crippen molar-refractivity contribution in [2.45, 2.75) is 30.8 Å². The van der Waals surface area contributed by atoms with Gasteiger partial charge in [-0.05, 0) is 54.8 Å². The standard InChI is InChI=1S/C22H21NO2/c24-21(20-9-4-5-16-23-20)22(14-6-15-22)17-10-12-19(13-11-17)25-18-7-2-1-3-8-18/h1-5,7-13,16,21,24H,6,14-15H2. The average Bonchev–Trinajstić information content (AvgIpc) is 2.64. The lowest BCUT2D eigenvalue weighted by Crippen LogP contribution is -2.40. The van der Waals surface area contributed by atoms with Crippen molar-refractivity contribution in [3.63, 3.8) is 0 Å². The van der Waals surface area contributed by atoms with E-state index in [4.69, 9.17) is 4.74 Å². The number of aliphatic hydroxyl groups is 1. The third-order valence-electron chi connectivity index (χ3n) is 5.15. The van der Waals surface area contributed by atoms with Crippen molar-refractivity contribution in [2.24, 2.45) is 0 Å². The Balaban J connectivity index is 1.57. The second-order valence-electron chi connectivity index (χ2n) is 6.61. The molecule has 1 N–H and O–H groups in total. The molecule has 0 bridgehead atoms. The van der Waals surface area contributed by atoms with E-state index in [-0.39, 0.29) is 5.41 Å². The first-order valence-electron chi connectivity index (χ1n) is 8.70. The van der Waals surface area contributed by atoms with E-state index >= 15 is 0 Å². The number of benzene rings is 2. The fourth-order valence-electron chi connectivity index (χ4n) is 3.58. The van der Waals surface area contributed by atoms with Gasteiger partial charge in [0.15, 0.2) is 0 Å². The highest BCUT2D eigenvalue weighted by molar-refractivity contribution is 5.38. The first kappa shape index (κ1) is 15.9. The second kappa shape index (κ2) is 6.69. The van der Waals surface area contributed by atoms with Crippen molar-refractivity contribution in [1.82, 2.24) is 4.98 Å². The molecule has 1 heterocycles. The molecule has 1 saturated carbocycles. The minimum absolute atomic E-state index is 0.236. The molecule has 0 radical (unpaired) electrons. The Hall–Kier alpha value is -2.65. The Bertz CT molecular complexity index is 812. The van der Waals surface area contributed by atoms with Crippen LogP contribution in [-0.2, 0) is 5.41 Å². The topological polar surface area (TPSA) is 42.4 Å². The third kappa shape index (κ3) is 3.03. The number of hydrogen-bond donors (Lipinski definition) is 1. The van der Waals surface area contributed by atoms with Crippen LogP contribution in [0.3, 0.4) is 0 Å². The Labute approximate surface area is 147 Å². The van der Waals surface area contributed by atoms with E-state index in [0.717, 1.165) is 42.0 Å². The molecule has 0 spiro atoms. The van der Waals surface area contributed by atoms with E-state index in [1.165, 1.54) is 0 Å². The molecule has 1 aromatic heterocycles. The maximum Gasteiger partial charge on any atom is 0.127 e. The molecule has 126 valence electrons. The number of nitrogens with zero attached hydrogens (tertiary/aromatic N) is 1. The summed E-state index contributed by atoms with van der Waals surface area (Å²) in [6, 6.07) is 23.6. The summed E-state index contributed by atoms with van der Waals surface area (Å²) in [5.74, 6) is 1.62. The zero-order valence-corrected chi connectivity index (χ0v) is 14.0. The predicted molar refractivity (Wildman–Crippen MR) is 97.7 cm³/mol. The van der Waals surface area contributed by atoms with Crippen LogP contribution >= 0.6 is 0 Å². The van der Waals surface area contributed by atoms with Crippen LogP contribution in [0.25, 0.3) is 0 Å². The summed E-state index contributed by atoms with van der Waals surface area (Å²) in [6.45, 7) is 0. The molecule has 1 aliphatic rings. The van der Waals surface area contributed by atoms with Crippen LogP contribution in [-0.4, -0.2) is 10.1 Å². The van der Waals surface area contributed by atoms with Crippen LogP contribution in [0.5, 0.6) is 11.5 Å². The van der Waals surface area contributed by atoms with Gasteiger partial charge in [-0.2, -0.15) is 0 Å². The van der Waals surface area contributed by atoms with Crippen LogP contribution in [0.2, 0.25) is 0 Å². The van der Waals surface area contributed by atoms with E-state index in [0.29, 0.717) is 0 Å². The highest BCUT2D eigenvalue weighted by Gasteiger charge is 2.46. The normalized spacial score (nSPS) is 16.7. The molecule has 1 fully saturated rings. The number of aromatic nitrogens is 1. The van der Waals surface area contributed by atoms with Gasteiger partial charge in [0.25, 0.3) is 0 Å². The van der Waals surface area contributed by atoms with Crippen molar-refractivity contribution >= 4 is 0 Å². The molecule has 0 saturated heterocycles. The maximum atomic E-state index is 11.0. The minimum Gasteiger partial charge on any atom is -0.457 e. The van der Waals surface area contributed by atoms with Gasteiger partial charge in [0.05, 0.1) is 5.69 Å².